The third-order valence-corrected chi connectivity index (χ3v) is 1.29. The Kier molecular flexibility index (Phi) is 2.45. The van der Waals surface area contributed by atoms with Gasteiger partial charge in [0.25, 0.3) is 0 Å². The molecule has 1 aromatic rings. The van der Waals surface area contributed by atoms with Gasteiger partial charge in [0.05, 0.1) is 14.0 Å². The Morgan fingerprint density at radius 3 is 3.00 bits per heavy atom. The Labute approximate surface area is 61.3 Å². The molecule has 0 saturated heterocycles. The molecular formula is C7H8BNO. The maximum absolute atomic E-state index is 9.16. The van der Waals surface area contributed by atoms with Gasteiger partial charge in [0.1, 0.15) is 0 Å². The fourth-order valence-corrected chi connectivity index (χ4v) is 0.709. The van der Waals surface area contributed by atoms with Gasteiger partial charge in [-0.05, 0) is 11.6 Å². The van der Waals surface area contributed by atoms with Crippen molar-refractivity contribution in [1.29, 1.82) is 0 Å². The number of aromatic nitrogens is 1. The Morgan fingerprint density at radius 2 is 2.50 bits per heavy atom. The van der Waals surface area contributed by atoms with Crippen molar-refractivity contribution >= 4 is 7.85 Å². The summed E-state index contributed by atoms with van der Waals surface area (Å²) in [6.45, 7) is 0. The third kappa shape index (κ3) is 1.58. The number of aliphatic hydroxyl groups is 1. The van der Waals surface area contributed by atoms with E-state index in [1.54, 1.807) is 24.5 Å². The van der Waals surface area contributed by atoms with Crippen molar-refractivity contribution in [3.63, 3.8) is 0 Å². The van der Waals surface area contributed by atoms with E-state index >= 15 is 0 Å². The van der Waals surface area contributed by atoms with Crippen molar-refractivity contribution in [2.75, 3.05) is 0 Å². The van der Waals surface area contributed by atoms with Crippen LogP contribution in [0.1, 0.15) is 11.7 Å². The zero-order valence-corrected chi connectivity index (χ0v) is 5.57. The number of hydrogen-bond donors (Lipinski definition) is 1. The van der Waals surface area contributed by atoms with E-state index in [-0.39, 0.29) is 6.32 Å². The zero-order chi connectivity index (χ0) is 7.40. The Balaban J connectivity index is 2.75. The molecule has 0 spiro atoms. The number of hydrogen-bond acceptors (Lipinski definition) is 2. The summed E-state index contributed by atoms with van der Waals surface area (Å²) in [5.74, 6) is 0. The van der Waals surface area contributed by atoms with Crippen LogP contribution in [-0.4, -0.2) is 17.9 Å². The average Bonchev–Trinajstić information content (AvgIpc) is 2.05. The van der Waals surface area contributed by atoms with Crippen LogP contribution in [0.3, 0.4) is 0 Å². The first-order valence-electron chi connectivity index (χ1n) is 3.12. The summed E-state index contributed by atoms with van der Waals surface area (Å²) in [4.78, 5) is 3.84. The molecule has 0 saturated carbocycles. The fraction of sp³-hybridized carbons (Fsp3) is 0.286. The van der Waals surface area contributed by atoms with E-state index < -0.39 is 6.10 Å². The standard InChI is InChI=1S/C7H8BNO/c8-4-7(10)6-2-1-3-9-5-6/h1-3,5,7,10H,4H2. The van der Waals surface area contributed by atoms with E-state index in [9.17, 15) is 0 Å². The SMILES string of the molecule is [B]CC(O)c1cccnc1. The Morgan fingerprint density at radius 1 is 1.70 bits per heavy atom. The highest BCUT2D eigenvalue weighted by Crippen LogP contribution is 2.12. The largest absolute Gasteiger partial charge is 0.389 e. The third-order valence-electron chi connectivity index (χ3n) is 1.29. The molecule has 2 nitrogen and oxygen atoms in total. The van der Waals surface area contributed by atoms with Crippen LogP contribution < -0.4 is 0 Å². The van der Waals surface area contributed by atoms with Crippen molar-refractivity contribution < 1.29 is 5.11 Å². The minimum Gasteiger partial charge on any atom is -0.389 e. The summed E-state index contributed by atoms with van der Waals surface area (Å²) >= 11 is 0. The molecule has 2 radical (unpaired) electrons. The molecule has 0 aliphatic carbocycles. The normalized spacial score (nSPS) is 12.9. The van der Waals surface area contributed by atoms with Gasteiger partial charge < -0.3 is 5.11 Å². The molecule has 10 heavy (non-hydrogen) atoms. The van der Waals surface area contributed by atoms with E-state index in [0.29, 0.717) is 0 Å². The fourth-order valence-electron chi connectivity index (χ4n) is 0.709. The second kappa shape index (κ2) is 3.37. The maximum Gasteiger partial charge on any atom is 0.0728 e. The van der Waals surface area contributed by atoms with Gasteiger partial charge in [0.15, 0.2) is 0 Å². The second-order valence-electron chi connectivity index (χ2n) is 2.04. The quantitative estimate of drug-likeness (QED) is 0.602. The molecule has 1 heterocycles. The van der Waals surface area contributed by atoms with Crippen LogP contribution in [0.25, 0.3) is 0 Å². The van der Waals surface area contributed by atoms with E-state index in [1.165, 1.54) is 0 Å². The van der Waals surface area contributed by atoms with Crippen LogP contribution in [0.2, 0.25) is 6.32 Å². The van der Waals surface area contributed by atoms with Crippen LogP contribution in [0.15, 0.2) is 24.5 Å². The van der Waals surface area contributed by atoms with Crippen LogP contribution in [0.5, 0.6) is 0 Å². The van der Waals surface area contributed by atoms with Gasteiger partial charge in [-0.25, -0.2) is 0 Å². The molecule has 0 fully saturated rings. The molecule has 1 unspecified atom stereocenters. The lowest BCUT2D eigenvalue weighted by Crippen LogP contribution is -1.95. The Bertz CT molecular complexity index is 190. The number of aliphatic hydroxyl groups excluding tert-OH is 1. The van der Waals surface area contributed by atoms with Gasteiger partial charge in [-0.3, -0.25) is 4.98 Å². The van der Waals surface area contributed by atoms with Gasteiger partial charge in [0, 0.05) is 12.4 Å². The lowest BCUT2D eigenvalue weighted by Gasteiger charge is -2.05. The van der Waals surface area contributed by atoms with Crippen LogP contribution in [-0.2, 0) is 0 Å². The zero-order valence-electron chi connectivity index (χ0n) is 5.57. The number of rotatable bonds is 2. The van der Waals surface area contributed by atoms with Crippen LogP contribution in [0, 0.1) is 0 Å². The molecular weight excluding hydrogens is 125 g/mol. The summed E-state index contributed by atoms with van der Waals surface area (Å²) in [6.07, 6.45) is 2.93. The van der Waals surface area contributed by atoms with E-state index in [2.05, 4.69) is 4.98 Å². The number of nitrogens with zero attached hydrogens (tertiary/aromatic N) is 1. The molecule has 1 atom stereocenters. The summed E-state index contributed by atoms with van der Waals surface area (Å²) in [5.41, 5.74) is 0.769. The predicted molar refractivity (Wildman–Crippen MR) is 39.8 cm³/mol. The van der Waals surface area contributed by atoms with Gasteiger partial charge in [0.2, 0.25) is 0 Å². The van der Waals surface area contributed by atoms with E-state index in [4.69, 9.17) is 13.0 Å². The van der Waals surface area contributed by atoms with Gasteiger partial charge in [-0.15, -0.1) is 0 Å². The highest BCUT2D eigenvalue weighted by Gasteiger charge is 2.01. The molecule has 0 amide bonds. The van der Waals surface area contributed by atoms with Crippen molar-refractivity contribution in [2.24, 2.45) is 0 Å². The molecule has 1 N–H and O–H groups in total. The second-order valence-corrected chi connectivity index (χ2v) is 2.04. The van der Waals surface area contributed by atoms with E-state index in [0.717, 1.165) is 5.56 Å². The smallest absolute Gasteiger partial charge is 0.0728 e. The molecule has 1 aromatic heterocycles. The predicted octanol–water partition coefficient (Wildman–Crippen LogP) is 0.702. The average molecular weight is 133 g/mol. The molecule has 50 valence electrons. The summed E-state index contributed by atoms with van der Waals surface area (Å²) in [7, 11) is 5.23. The minimum absolute atomic E-state index is 0.242. The molecule has 0 aliphatic heterocycles. The topological polar surface area (TPSA) is 33.1 Å². The summed E-state index contributed by atoms with van der Waals surface area (Å²) < 4.78 is 0. The lowest BCUT2D eigenvalue weighted by molar-refractivity contribution is 0.199. The van der Waals surface area contributed by atoms with Crippen molar-refractivity contribution in [3.05, 3.63) is 30.1 Å². The monoisotopic (exact) mass is 133 g/mol. The Hall–Kier alpha value is -0.825. The highest BCUT2D eigenvalue weighted by molar-refractivity contribution is 6.08. The van der Waals surface area contributed by atoms with Gasteiger partial charge >= 0.3 is 0 Å². The first kappa shape index (κ1) is 7.28. The highest BCUT2D eigenvalue weighted by atomic mass is 16.3. The summed E-state index contributed by atoms with van der Waals surface area (Å²) in [5, 5.41) is 9.16. The number of pyridine rings is 1. The maximum atomic E-state index is 9.16. The van der Waals surface area contributed by atoms with Crippen molar-refractivity contribution in [1.82, 2.24) is 4.98 Å². The summed E-state index contributed by atoms with van der Waals surface area (Å²) in [6, 6.07) is 3.57. The van der Waals surface area contributed by atoms with E-state index in [1.807, 2.05) is 0 Å². The van der Waals surface area contributed by atoms with Crippen molar-refractivity contribution in [2.45, 2.75) is 12.4 Å². The minimum atomic E-state index is -0.575. The molecule has 0 aliphatic rings. The molecule has 0 bridgehead atoms. The first-order valence-corrected chi connectivity index (χ1v) is 3.12. The van der Waals surface area contributed by atoms with Crippen LogP contribution in [0.4, 0.5) is 0 Å². The van der Waals surface area contributed by atoms with Crippen molar-refractivity contribution in [3.8, 4) is 0 Å². The molecule has 0 aromatic carbocycles. The lowest BCUT2D eigenvalue weighted by atomic mass is 9.95. The van der Waals surface area contributed by atoms with Crippen LogP contribution >= 0.6 is 0 Å². The first-order chi connectivity index (χ1) is 4.84. The van der Waals surface area contributed by atoms with Gasteiger partial charge in [-0.1, -0.05) is 12.4 Å². The molecule has 3 heteroatoms. The van der Waals surface area contributed by atoms with Gasteiger partial charge in [-0.2, -0.15) is 0 Å². The molecule has 1 rings (SSSR count).